The van der Waals surface area contributed by atoms with E-state index in [0.29, 0.717) is 5.69 Å². The van der Waals surface area contributed by atoms with Crippen LogP contribution in [0, 0.1) is 11.9 Å². The molecule has 2 rings (SSSR count). The molecule has 0 spiro atoms. The molecule has 2 aromatic rings. The maximum Gasteiger partial charge on any atom is 0.148 e. The van der Waals surface area contributed by atoms with Crippen LogP contribution in [0.2, 0.25) is 0 Å². The molecule has 0 aliphatic carbocycles. The van der Waals surface area contributed by atoms with Gasteiger partial charge in [-0.1, -0.05) is 18.2 Å². The fourth-order valence-corrected chi connectivity index (χ4v) is 1.47. The quantitative estimate of drug-likeness (QED) is 0.628. The van der Waals surface area contributed by atoms with Gasteiger partial charge in [0, 0.05) is 6.07 Å². The Morgan fingerprint density at radius 1 is 1.24 bits per heavy atom. The van der Waals surface area contributed by atoms with Crippen LogP contribution in [0.1, 0.15) is 5.56 Å². The highest BCUT2D eigenvalue weighted by Gasteiger charge is 2.09. The second-order valence-electron chi connectivity index (χ2n) is 3.56. The third-order valence-electron chi connectivity index (χ3n) is 2.41. The first-order valence-corrected chi connectivity index (χ1v) is 5.13. The Morgan fingerprint density at radius 2 is 2.00 bits per heavy atom. The Balaban J connectivity index is 2.30. The van der Waals surface area contributed by atoms with Crippen molar-refractivity contribution in [3.8, 4) is 0 Å². The van der Waals surface area contributed by atoms with E-state index < -0.39 is 5.82 Å². The lowest BCUT2D eigenvalue weighted by Gasteiger charge is -2.19. The number of halogens is 1. The number of benzene rings is 2. The Morgan fingerprint density at radius 3 is 2.59 bits per heavy atom. The molecule has 0 aromatic heterocycles. The Hall–Kier alpha value is -1.91. The number of para-hydroxylation sites is 1. The minimum absolute atomic E-state index is 0.0545. The highest BCUT2D eigenvalue weighted by molar-refractivity contribution is 5.61. The van der Waals surface area contributed by atoms with Gasteiger partial charge in [-0.3, -0.25) is 5.01 Å². The van der Waals surface area contributed by atoms with Crippen molar-refractivity contribution in [3.63, 3.8) is 0 Å². The van der Waals surface area contributed by atoms with E-state index >= 15 is 0 Å². The van der Waals surface area contributed by atoms with Gasteiger partial charge in [0.1, 0.15) is 5.82 Å². The Kier molecular flexibility index (Phi) is 3.37. The molecule has 0 bridgehead atoms. The lowest BCUT2D eigenvalue weighted by atomic mass is 10.2. The number of hydrogen-bond donors (Lipinski definition) is 2. The van der Waals surface area contributed by atoms with E-state index in [9.17, 15) is 4.39 Å². The zero-order valence-corrected chi connectivity index (χ0v) is 9.10. The van der Waals surface area contributed by atoms with E-state index in [2.05, 4.69) is 6.07 Å². The molecule has 17 heavy (non-hydrogen) atoms. The van der Waals surface area contributed by atoms with E-state index in [1.807, 2.05) is 0 Å². The molecule has 3 N–H and O–H groups in total. The lowest BCUT2D eigenvalue weighted by Crippen LogP contribution is -2.25. The van der Waals surface area contributed by atoms with Gasteiger partial charge >= 0.3 is 0 Å². The summed E-state index contributed by atoms with van der Waals surface area (Å²) in [6.07, 6.45) is 0. The summed E-state index contributed by atoms with van der Waals surface area (Å²) in [6.45, 7) is -0.0545. The predicted molar refractivity (Wildman–Crippen MR) is 63.9 cm³/mol. The van der Waals surface area contributed by atoms with Crippen LogP contribution in [0.25, 0.3) is 0 Å². The Bertz CT molecular complexity index is 499. The highest BCUT2D eigenvalue weighted by atomic mass is 19.1. The minimum Gasteiger partial charge on any atom is -0.392 e. The fourth-order valence-electron chi connectivity index (χ4n) is 1.47. The number of hydrazine groups is 1. The van der Waals surface area contributed by atoms with Crippen molar-refractivity contribution in [2.45, 2.75) is 6.61 Å². The molecule has 0 saturated carbocycles. The molecule has 0 aliphatic rings. The third kappa shape index (κ3) is 2.43. The van der Waals surface area contributed by atoms with E-state index in [1.54, 1.807) is 36.4 Å². The van der Waals surface area contributed by atoms with Crippen molar-refractivity contribution in [3.05, 3.63) is 59.9 Å². The molecule has 87 valence electrons. The van der Waals surface area contributed by atoms with Gasteiger partial charge in [-0.05, 0) is 29.8 Å². The maximum absolute atomic E-state index is 13.5. The number of anilines is 2. The number of nitrogens with zero attached hydrogens (tertiary/aromatic N) is 1. The third-order valence-corrected chi connectivity index (χ3v) is 2.41. The first-order chi connectivity index (χ1) is 8.22. The largest absolute Gasteiger partial charge is 0.392 e. The zero-order chi connectivity index (χ0) is 12.3. The van der Waals surface area contributed by atoms with Crippen LogP contribution in [-0.2, 0) is 6.61 Å². The number of nitrogens with two attached hydrogens (primary N) is 1. The normalized spacial score (nSPS) is 10.3. The summed E-state index contributed by atoms with van der Waals surface area (Å²) in [7, 11) is 0. The van der Waals surface area contributed by atoms with Crippen LogP contribution < -0.4 is 10.9 Å². The first-order valence-electron chi connectivity index (χ1n) is 5.13. The van der Waals surface area contributed by atoms with Crippen molar-refractivity contribution in [2.24, 2.45) is 5.84 Å². The molecule has 3 nitrogen and oxygen atoms in total. The van der Waals surface area contributed by atoms with Crippen LogP contribution >= 0.6 is 0 Å². The van der Waals surface area contributed by atoms with Crippen molar-refractivity contribution >= 4 is 11.4 Å². The van der Waals surface area contributed by atoms with Gasteiger partial charge in [0.2, 0.25) is 0 Å². The molecule has 4 heteroatoms. The Labute approximate surface area is 98.9 Å². The minimum atomic E-state index is -0.394. The molecule has 0 unspecified atom stereocenters. The smallest absolute Gasteiger partial charge is 0.148 e. The average Bonchev–Trinajstić information content (AvgIpc) is 2.39. The van der Waals surface area contributed by atoms with Gasteiger partial charge in [-0.15, -0.1) is 0 Å². The number of rotatable bonds is 3. The molecule has 0 amide bonds. The SMILES string of the molecule is NN(c1[c]cc(CO)cc1)c1ccccc1F. The second-order valence-corrected chi connectivity index (χ2v) is 3.56. The van der Waals surface area contributed by atoms with Crippen LogP contribution in [0.4, 0.5) is 15.8 Å². The van der Waals surface area contributed by atoms with Gasteiger partial charge < -0.3 is 5.11 Å². The molecule has 0 fully saturated rings. The van der Waals surface area contributed by atoms with Crippen molar-refractivity contribution in [1.29, 1.82) is 0 Å². The summed E-state index contributed by atoms with van der Waals surface area (Å²) in [5, 5.41) is 10.1. The fraction of sp³-hybridized carbons (Fsp3) is 0.0769. The van der Waals surface area contributed by atoms with Crippen molar-refractivity contribution in [2.75, 3.05) is 5.01 Å². The van der Waals surface area contributed by atoms with Gasteiger partial charge in [0.05, 0.1) is 18.0 Å². The summed E-state index contributed by atoms with van der Waals surface area (Å²) >= 11 is 0. The highest BCUT2D eigenvalue weighted by Crippen LogP contribution is 2.24. The van der Waals surface area contributed by atoms with Crippen LogP contribution in [0.15, 0.2) is 42.5 Å². The standard InChI is InChI=1S/C13H12FN2O/c14-12-3-1-2-4-13(12)16(15)11-7-5-10(9-17)6-8-11/h1-7,17H,9,15H2. The van der Waals surface area contributed by atoms with Crippen molar-refractivity contribution < 1.29 is 9.50 Å². The second kappa shape index (κ2) is 4.95. The van der Waals surface area contributed by atoms with Gasteiger partial charge in [-0.2, -0.15) is 0 Å². The number of hydrogen-bond acceptors (Lipinski definition) is 3. The lowest BCUT2D eigenvalue weighted by molar-refractivity contribution is 0.282. The van der Waals surface area contributed by atoms with E-state index in [-0.39, 0.29) is 12.3 Å². The molecule has 0 saturated heterocycles. The predicted octanol–water partition coefficient (Wildman–Crippen LogP) is 2.13. The van der Waals surface area contributed by atoms with Gasteiger partial charge in [0.15, 0.2) is 0 Å². The summed E-state index contributed by atoms with van der Waals surface area (Å²) < 4.78 is 13.5. The zero-order valence-electron chi connectivity index (χ0n) is 9.10. The molecule has 0 atom stereocenters. The molecule has 1 radical (unpaired) electrons. The summed E-state index contributed by atoms with van der Waals surface area (Å²) in [4.78, 5) is 0. The number of aliphatic hydroxyl groups is 1. The topological polar surface area (TPSA) is 49.5 Å². The first kappa shape index (κ1) is 11.6. The summed E-state index contributed by atoms with van der Waals surface area (Å²) in [5.41, 5.74) is 1.54. The molecule has 0 heterocycles. The molecule has 2 aromatic carbocycles. The number of aliphatic hydroxyl groups excluding tert-OH is 1. The van der Waals surface area contributed by atoms with Crippen molar-refractivity contribution in [1.82, 2.24) is 0 Å². The van der Waals surface area contributed by atoms with E-state index in [1.165, 1.54) is 11.1 Å². The van der Waals surface area contributed by atoms with Crippen LogP contribution in [0.5, 0.6) is 0 Å². The summed E-state index contributed by atoms with van der Waals surface area (Å²) in [5.74, 6) is 5.41. The molecule has 0 aliphatic heterocycles. The molecular formula is C13H12FN2O. The maximum atomic E-state index is 13.5. The monoisotopic (exact) mass is 231 g/mol. The van der Waals surface area contributed by atoms with E-state index in [0.717, 1.165) is 5.56 Å². The van der Waals surface area contributed by atoms with Crippen LogP contribution in [0.3, 0.4) is 0 Å². The molecular weight excluding hydrogens is 219 g/mol. The van der Waals surface area contributed by atoms with E-state index in [4.69, 9.17) is 10.9 Å². The van der Waals surface area contributed by atoms with Crippen LogP contribution in [-0.4, -0.2) is 5.11 Å². The average molecular weight is 231 g/mol. The van der Waals surface area contributed by atoms with Gasteiger partial charge in [0.25, 0.3) is 0 Å². The summed E-state index contributed by atoms with van der Waals surface area (Å²) in [6, 6.07) is 14.1. The van der Waals surface area contributed by atoms with Gasteiger partial charge in [-0.25, -0.2) is 10.2 Å².